The topological polar surface area (TPSA) is 88.2 Å². The molecule has 29 heavy (non-hydrogen) atoms. The van der Waals surface area contributed by atoms with Gasteiger partial charge in [-0.3, -0.25) is 9.59 Å². The lowest BCUT2D eigenvalue weighted by Crippen LogP contribution is -2.52. The van der Waals surface area contributed by atoms with E-state index in [1.165, 1.54) is 6.08 Å². The number of benzene rings is 1. The van der Waals surface area contributed by atoms with Crippen LogP contribution in [0.1, 0.15) is 26.3 Å². The van der Waals surface area contributed by atoms with Gasteiger partial charge >= 0.3 is 6.09 Å². The summed E-state index contributed by atoms with van der Waals surface area (Å²) in [5.41, 5.74) is 0.261. The fourth-order valence-electron chi connectivity index (χ4n) is 2.77. The van der Waals surface area contributed by atoms with Crippen molar-refractivity contribution < 1.29 is 23.9 Å². The van der Waals surface area contributed by atoms with E-state index in [1.54, 1.807) is 43.8 Å². The van der Waals surface area contributed by atoms with Gasteiger partial charge in [0.2, 0.25) is 11.8 Å². The minimum absolute atomic E-state index is 0.105. The first-order valence-electron chi connectivity index (χ1n) is 9.53. The summed E-state index contributed by atoms with van der Waals surface area (Å²) >= 11 is 0. The Labute approximate surface area is 171 Å². The minimum atomic E-state index is -0.623. The van der Waals surface area contributed by atoms with Crippen molar-refractivity contribution in [2.45, 2.75) is 26.4 Å². The van der Waals surface area contributed by atoms with E-state index >= 15 is 0 Å². The molecule has 1 fully saturated rings. The summed E-state index contributed by atoms with van der Waals surface area (Å²) in [6.07, 6.45) is 2.64. The average Bonchev–Trinajstić information content (AvgIpc) is 2.69. The van der Waals surface area contributed by atoms with Crippen molar-refractivity contribution in [3.63, 3.8) is 0 Å². The van der Waals surface area contributed by atoms with Crippen LogP contribution in [0.5, 0.6) is 5.75 Å². The van der Waals surface area contributed by atoms with E-state index in [2.05, 4.69) is 5.32 Å². The number of alkyl carbamates (subject to hydrolysis) is 1. The van der Waals surface area contributed by atoms with E-state index in [9.17, 15) is 14.4 Å². The van der Waals surface area contributed by atoms with Crippen LogP contribution in [0.25, 0.3) is 6.08 Å². The van der Waals surface area contributed by atoms with Crippen molar-refractivity contribution in [3.8, 4) is 5.75 Å². The Balaban J connectivity index is 1.77. The molecule has 0 aliphatic carbocycles. The Morgan fingerprint density at radius 1 is 1.10 bits per heavy atom. The Hall–Kier alpha value is -3.03. The molecule has 1 aliphatic rings. The van der Waals surface area contributed by atoms with E-state index in [4.69, 9.17) is 9.47 Å². The summed E-state index contributed by atoms with van der Waals surface area (Å²) in [4.78, 5) is 39.6. The van der Waals surface area contributed by atoms with Gasteiger partial charge in [-0.05, 0) is 44.5 Å². The van der Waals surface area contributed by atoms with Gasteiger partial charge in [-0.25, -0.2) is 4.79 Å². The molecule has 8 heteroatoms. The average molecular weight is 403 g/mol. The number of methoxy groups -OCH3 is 1. The molecule has 1 N–H and O–H groups in total. The van der Waals surface area contributed by atoms with Crippen LogP contribution in [0.2, 0.25) is 0 Å². The van der Waals surface area contributed by atoms with Crippen LogP contribution in [-0.2, 0) is 14.3 Å². The van der Waals surface area contributed by atoms with Gasteiger partial charge in [-0.1, -0.05) is 12.1 Å². The first kappa shape index (κ1) is 22.3. The van der Waals surface area contributed by atoms with Crippen molar-refractivity contribution in [1.29, 1.82) is 0 Å². The van der Waals surface area contributed by atoms with Gasteiger partial charge in [0.15, 0.2) is 0 Å². The molecule has 2 rings (SSSR count). The number of carbonyl (C=O) groups is 3. The van der Waals surface area contributed by atoms with Gasteiger partial charge in [0, 0.05) is 32.3 Å². The Morgan fingerprint density at radius 2 is 1.76 bits per heavy atom. The van der Waals surface area contributed by atoms with Crippen molar-refractivity contribution in [3.05, 3.63) is 35.9 Å². The molecule has 1 saturated heterocycles. The van der Waals surface area contributed by atoms with Crippen LogP contribution in [0, 0.1) is 0 Å². The fourth-order valence-corrected chi connectivity index (χ4v) is 2.77. The number of amides is 3. The van der Waals surface area contributed by atoms with Gasteiger partial charge < -0.3 is 24.6 Å². The highest BCUT2D eigenvalue weighted by atomic mass is 16.6. The number of ether oxygens (including phenoxy) is 2. The number of nitrogens with one attached hydrogen (secondary N) is 1. The van der Waals surface area contributed by atoms with Gasteiger partial charge in [-0.15, -0.1) is 0 Å². The molecule has 0 radical (unpaired) electrons. The van der Waals surface area contributed by atoms with Gasteiger partial charge in [-0.2, -0.15) is 0 Å². The van der Waals surface area contributed by atoms with Crippen LogP contribution in [-0.4, -0.2) is 73.1 Å². The normalized spacial score (nSPS) is 14.6. The maximum Gasteiger partial charge on any atom is 0.408 e. The summed E-state index contributed by atoms with van der Waals surface area (Å²) in [7, 11) is 1.60. The lowest BCUT2D eigenvalue weighted by Gasteiger charge is -2.34. The quantitative estimate of drug-likeness (QED) is 0.759. The van der Waals surface area contributed by atoms with Crippen molar-refractivity contribution >= 4 is 24.0 Å². The molecule has 1 aliphatic heterocycles. The maximum atomic E-state index is 12.4. The Morgan fingerprint density at radius 3 is 2.38 bits per heavy atom. The van der Waals surface area contributed by atoms with Crippen LogP contribution in [0.15, 0.2) is 30.3 Å². The Kier molecular flexibility index (Phi) is 7.64. The predicted molar refractivity (Wildman–Crippen MR) is 109 cm³/mol. The van der Waals surface area contributed by atoms with Crippen molar-refractivity contribution in [2.24, 2.45) is 0 Å². The second-order valence-corrected chi connectivity index (χ2v) is 7.67. The molecule has 158 valence electrons. The molecule has 1 aromatic carbocycles. The summed E-state index contributed by atoms with van der Waals surface area (Å²) in [6.45, 7) is 6.88. The number of piperazine rings is 1. The van der Waals surface area contributed by atoms with E-state index in [1.807, 2.05) is 24.3 Å². The van der Waals surface area contributed by atoms with Crippen LogP contribution >= 0.6 is 0 Å². The third-order valence-electron chi connectivity index (χ3n) is 4.24. The second kappa shape index (κ2) is 9.95. The summed E-state index contributed by atoms with van der Waals surface area (Å²) < 4.78 is 10.3. The standard InChI is InChI=1S/C21H29N3O5/c1-21(2,3)29-20(27)22-15-19(26)24-12-10-23(11-13-24)18(25)9-8-16-6-5-7-17(14-16)28-4/h5-9,14H,10-13,15H2,1-4H3,(H,22,27)/b9-8+. The molecule has 0 aromatic heterocycles. The number of rotatable bonds is 5. The molecule has 0 bridgehead atoms. The molecule has 8 nitrogen and oxygen atoms in total. The molecule has 1 aromatic rings. The number of hydrogen-bond donors (Lipinski definition) is 1. The van der Waals surface area contributed by atoms with E-state index < -0.39 is 11.7 Å². The molecule has 0 unspecified atom stereocenters. The molecule has 3 amide bonds. The minimum Gasteiger partial charge on any atom is -0.497 e. The number of carbonyl (C=O) groups excluding carboxylic acids is 3. The zero-order valence-electron chi connectivity index (χ0n) is 17.4. The molecule has 0 atom stereocenters. The van der Waals surface area contributed by atoms with E-state index in [0.29, 0.717) is 26.2 Å². The third-order valence-corrected chi connectivity index (χ3v) is 4.24. The zero-order chi connectivity index (χ0) is 21.4. The highest BCUT2D eigenvalue weighted by Crippen LogP contribution is 2.14. The number of nitrogens with zero attached hydrogens (tertiary/aromatic N) is 2. The highest BCUT2D eigenvalue weighted by Gasteiger charge is 2.24. The first-order chi connectivity index (χ1) is 13.7. The lowest BCUT2D eigenvalue weighted by atomic mass is 10.2. The largest absolute Gasteiger partial charge is 0.497 e. The van der Waals surface area contributed by atoms with Gasteiger partial charge in [0.05, 0.1) is 7.11 Å². The van der Waals surface area contributed by atoms with Crippen LogP contribution in [0.4, 0.5) is 4.79 Å². The van der Waals surface area contributed by atoms with Crippen LogP contribution < -0.4 is 10.1 Å². The van der Waals surface area contributed by atoms with Gasteiger partial charge in [0.1, 0.15) is 17.9 Å². The van der Waals surface area contributed by atoms with E-state index in [0.717, 1.165) is 11.3 Å². The molecular weight excluding hydrogens is 374 g/mol. The summed E-state index contributed by atoms with van der Waals surface area (Å²) in [5.74, 6) is 0.424. The van der Waals surface area contributed by atoms with E-state index in [-0.39, 0.29) is 18.4 Å². The molecular formula is C21H29N3O5. The monoisotopic (exact) mass is 403 g/mol. The first-order valence-corrected chi connectivity index (χ1v) is 9.53. The molecule has 0 spiro atoms. The summed E-state index contributed by atoms with van der Waals surface area (Å²) in [6, 6.07) is 7.43. The maximum absolute atomic E-state index is 12.4. The molecule has 0 saturated carbocycles. The fraction of sp³-hybridized carbons (Fsp3) is 0.476. The Bertz CT molecular complexity index is 762. The summed E-state index contributed by atoms with van der Waals surface area (Å²) in [5, 5.41) is 2.46. The lowest BCUT2D eigenvalue weighted by molar-refractivity contribution is -0.136. The second-order valence-electron chi connectivity index (χ2n) is 7.67. The van der Waals surface area contributed by atoms with Crippen LogP contribution in [0.3, 0.4) is 0 Å². The van der Waals surface area contributed by atoms with Gasteiger partial charge in [0.25, 0.3) is 0 Å². The van der Waals surface area contributed by atoms with Crippen molar-refractivity contribution in [1.82, 2.24) is 15.1 Å². The third kappa shape index (κ3) is 7.48. The number of hydrogen-bond acceptors (Lipinski definition) is 5. The highest BCUT2D eigenvalue weighted by molar-refractivity contribution is 5.92. The zero-order valence-corrected chi connectivity index (χ0v) is 17.4. The predicted octanol–water partition coefficient (Wildman–Crippen LogP) is 1.90. The molecule has 1 heterocycles. The SMILES string of the molecule is COc1cccc(/C=C/C(=O)N2CCN(C(=O)CNC(=O)OC(C)(C)C)CC2)c1. The van der Waals surface area contributed by atoms with Crippen molar-refractivity contribution in [2.75, 3.05) is 39.8 Å². The smallest absolute Gasteiger partial charge is 0.408 e.